The number of carbonyl (C=O) groups is 1. The molecule has 4 nitrogen and oxygen atoms in total. The van der Waals surface area contributed by atoms with Crippen molar-refractivity contribution in [3.05, 3.63) is 18.7 Å². The molecule has 0 fully saturated rings. The minimum atomic E-state index is -0.135. The van der Waals surface area contributed by atoms with Crippen LogP contribution in [0, 0.1) is 6.33 Å². The number of nitrogens with zero attached hydrogens (tertiary/aromatic N) is 2. The molecular formula is C5H6N3O. The average Bonchev–Trinajstić information content (AvgIpc) is 2.15. The molecule has 1 heterocycles. The van der Waals surface area contributed by atoms with Crippen LogP contribution >= 0.6 is 0 Å². The summed E-state index contributed by atoms with van der Waals surface area (Å²) in [6.07, 6.45) is 5.64. The molecule has 4 heteroatoms. The second-order valence-corrected chi connectivity index (χ2v) is 1.57. The molecule has 0 aliphatic rings. The van der Waals surface area contributed by atoms with Gasteiger partial charge in [-0.05, 0) is 0 Å². The largest absolute Gasteiger partial charge is 0.274 e. The van der Waals surface area contributed by atoms with Gasteiger partial charge in [0.15, 0.2) is 6.33 Å². The summed E-state index contributed by atoms with van der Waals surface area (Å²) in [5.74, 6) is -0.135. The first kappa shape index (κ1) is 5.81. The molecule has 0 bridgehead atoms. The molecule has 1 aromatic rings. The van der Waals surface area contributed by atoms with Crippen molar-refractivity contribution in [1.29, 1.82) is 0 Å². The Bertz CT molecular complexity index is 192. The lowest BCUT2D eigenvalue weighted by molar-refractivity contribution is -0.115. The van der Waals surface area contributed by atoms with Gasteiger partial charge in [-0.3, -0.25) is 10.2 Å². The SMILES string of the molecule is CC(=O)Nn1[c]ncc1. The Morgan fingerprint density at radius 1 is 1.89 bits per heavy atom. The molecular weight excluding hydrogens is 118 g/mol. The van der Waals surface area contributed by atoms with Gasteiger partial charge in [-0.25, -0.2) is 9.66 Å². The van der Waals surface area contributed by atoms with Crippen LogP contribution in [0.3, 0.4) is 0 Å². The first-order chi connectivity index (χ1) is 4.29. The molecule has 1 amide bonds. The van der Waals surface area contributed by atoms with Crippen LogP contribution < -0.4 is 5.43 Å². The molecule has 1 N–H and O–H groups in total. The van der Waals surface area contributed by atoms with Crippen molar-refractivity contribution in [1.82, 2.24) is 9.66 Å². The standard InChI is InChI=1S/C5H6N3O/c1-5(9)7-8-3-2-6-4-8/h2-3H,1H3,(H,7,9). The summed E-state index contributed by atoms with van der Waals surface area (Å²) >= 11 is 0. The zero-order valence-electron chi connectivity index (χ0n) is 4.96. The Kier molecular flexibility index (Phi) is 1.48. The van der Waals surface area contributed by atoms with E-state index in [1.807, 2.05) is 0 Å². The van der Waals surface area contributed by atoms with Crippen molar-refractivity contribution in [2.45, 2.75) is 6.92 Å². The minimum Gasteiger partial charge on any atom is -0.274 e. The monoisotopic (exact) mass is 124 g/mol. The number of hydrogen-bond donors (Lipinski definition) is 1. The van der Waals surface area contributed by atoms with Crippen LogP contribution in [0.1, 0.15) is 6.92 Å². The van der Waals surface area contributed by atoms with Crippen molar-refractivity contribution in [2.75, 3.05) is 5.43 Å². The Labute approximate surface area is 52.5 Å². The molecule has 1 radical (unpaired) electrons. The predicted octanol–water partition coefficient (Wildman–Crippen LogP) is -0.227. The summed E-state index contributed by atoms with van der Waals surface area (Å²) in [5.41, 5.74) is 2.44. The Morgan fingerprint density at radius 3 is 3.11 bits per heavy atom. The molecule has 1 rings (SSSR count). The van der Waals surface area contributed by atoms with Crippen LogP contribution in [-0.4, -0.2) is 15.6 Å². The van der Waals surface area contributed by atoms with Gasteiger partial charge in [0.05, 0.1) is 0 Å². The average molecular weight is 124 g/mol. The summed E-state index contributed by atoms with van der Waals surface area (Å²) in [4.78, 5) is 13.9. The first-order valence-corrected chi connectivity index (χ1v) is 2.47. The number of imidazole rings is 1. The van der Waals surface area contributed by atoms with Gasteiger partial charge in [0.2, 0.25) is 5.91 Å². The fraction of sp³-hybridized carbons (Fsp3) is 0.200. The van der Waals surface area contributed by atoms with Crippen LogP contribution in [-0.2, 0) is 4.79 Å². The van der Waals surface area contributed by atoms with Gasteiger partial charge in [0, 0.05) is 19.3 Å². The second kappa shape index (κ2) is 2.30. The quantitative estimate of drug-likeness (QED) is 0.562. The van der Waals surface area contributed by atoms with Gasteiger partial charge >= 0.3 is 0 Å². The number of aromatic nitrogens is 2. The van der Waals surface area contributed by atoms with Crippen LogP contribution in [0.4, 0.5) is 0 Å². The maximum atomic E-state index is 10.3. The van der Waals surface area contributed by atoms with E-state index in [1.165, 1.54) is 17.8 Å². The van der Waals surface area contributed by atoms with Crippen molar-refractivity contribution in [2.24, 2.45) is 0 Å². The Hall–Kier alpha value is -1.32. The van der Waals surface area contributed by atoms with Crippen molar-refractivity contribution in [3.8, 4) is 0 Å². The van der Waals surface area contributed by atoms with Gasteiger partial charge in [-0.15, -0.1) is 0 Å². The highest BCUT2D eigenvalue weighted by molar-refractivity contribution is 5.80. The molecule has 0 aromatic carbocycles. The van der Waals surface area contributed by atoms with Crippen LogP contribution in [0.15, 0.2) is 12.4 Å². The number of rotatable bonds is 1. The fourth-order valence-corrected chi connectivity index (χ4v) is 0.461. The highest BCUT2D eigenvalue weighted by Gasteiger charge is 1.89. The van der Waals surface area contributed by atoms with E-state index in [0.29, 0.717) is 0 Å². The molecule has 47 valence electrons. The topological polar surface area (TPSA) is 46.9 Å². The molecule has 0 atom stereocenters. The molecule has 0 spiro atoms. The van der Waals surface area contributed by atoms with Gasteiger partial charge < -0.3 is 0 Å². The predicted molar refractivity (Wildman–Crippen MR) is 31.1 cm³/mol. The lowest BCUT2D eigenvalue weighted by Crippen LogP contribution is -2.17. The van der Waals surface area contributed by atoms with Crippen LogP contribution in [0.25, 0.3) is 0 Å². The first-order valence-electron chi connectivity index (χ1n) is 2.47. The van der Waals surface area contributed by atoms with Gasteiger partial charge in [-0.1, -0.05) is 0 Å². The highest BCUT2D eigenvalue weighted by atomic mass is 16.2. The summed E-state index contributed by atoms with van der Waals surface area (Å²) in [6, 6.07) is 0. The van der Waals surface area contributed by atoms with Gasteiger partial charge in [0.25, 0.3) is 0 Å². The van der Waals surface area contributed by atoms with Crippen molar-refractivity contribution in [3.63, 3.8) is 0 Å². The molecule has 0 saturated heterocycles. The van der Waals surface area contributed by atoms with Crippen LogP contribution in [0.5, 0.6) is 0 Å². The maximum absolute atomic E-state index is 10.3. The third-order valence-corrected chi connectivity index (χ3v) is 0.734. The van der Waals surface area contributed by atoms with E-state index in [2.05, 4.69) is 16.7 Å². The van der Waals surface area contributed by atoms with E-state index < -0.39 is 0 Å². The molecule has 0 aliphatic heterocycles. The molecule has 1 aromatic heterocycles. The Morgan fingerprint density at radius 2 is 2.67 bits per heavy atom. The summed E-state index contributed by atoms with van der Waals surface area (Å²) < 4.78 is 1.36. The van der Waals surface area contributed by atoms with Gasteiger partial charge in [0.1, 0.15) is 0 Å². The maximum Gasteiger partial charge on any atom is 0.235 e. The van der Waals surface area contributed by atoms with E-state index in [4.69, 9.17) is 0 Å². The van der Waals surface area contributed by atoms with E-state index >= 15 is 0 Å². The molecule has 0 unspecified atom stereocenters. The number of carbonyl (C=O) groups excluding carboxylic acids is 1. The van der Waals surface area contributed by atoms with Gasteiger partial charge in [-0.2, -0.15) is 0 Å². The summed E-state index contributed by atoms with van der Waals surface area (Å²) in [5, 5.41) is 0. The Balaban J connectivity index is 2.58. The third kappa shape index (κ3) is 1.56. The van der Waals surface area contributed by atoms with E-state index in [-0.39, 0.29) is 5.91 Å². The highest BCUT2D eigenvalue weighted by Crippen LogP contribution is 1.76. The van der Waals surface area contributed by atoms with E-state index in [0.717, 1.165) is 0 Å². The van der Waals surface area contributed by atoms with Crippen LogP contribution in [0.2, 0.25) is 0 Å². The second-order valence-electron chi connectivity index (χ2n) is 1.57. The number of amides is 1. The normalized spacial score (nSPS) is 9.00. The molecule has 0 aliphatic carbocycles. The smallest absolute Gasteiger partial charge is 0.235 e. The fourth-order valence-electron chi connectivity index (χ4n) is 0.461. The third-order valence-electron chi connectivity index (χ3n) is 0.734. The zero-order valence-corrected chi connectivity index (χ0v) is 4.96. The van der Waals surface area contributed by atoms with E-state index in [1.54, 1.807) is 6.20 Å². The molecule has 9 heavy (non-hydrogen) atoms. The molecule has 0 saturated carbocycles. The zero-order chi connectivity index (χ0) is 6.69. The summed E-state index contributed by atoms with van der Waals surface area (Å²) in [7, 11) is 0. The lowest BCUT2D eigenvalue weighted by atomic mass is 10.8. The van der Waals surface area contributed by atoms with Crippen molar-refractivity contribution >= 4 is 5.91 Å². The number of hydrogen-bond acceptors (Lipinski definition) is 2. The number of nitrogens with one attached hydrogen (secondary N) is 1. The van der Waals surface area contributed by atoms with Crippen molar-refractivity contribution < 1.29 is 4.79 Å². The lowest BCUT2D eigenvalue weighted by Gasteiger charge is -1.97. The van der Waals surface area contributed by atoms with E-state index in [9.17, 15) is 4.79 Å². The minimum absolute atomic E-state index is 0.135. The summed E-state index contributed by atoms with van der Waals surface area (Å²) in [6.45, 7) is 1.42.